The lowest BCUT2D eigenvalue weighted by atomic mass is 9.82. The van der Waals surface area contributed by atoms with Crippen LogP contribution in [0.4, 0.5) is 0 Å². The van der Waals surface area contributed by atoms with Gasteiger partial charge in [0.2, 0.25) is 0 Å². The van der Waals surface area contributed by atoms with Gasteiger partial charge in [-0.2, -0.15) is 11.8 Å². The molecule has 0 radical (unpaired) electrons. The van der Waals surface area contributed by atoms with Gasteiger partial charge in [-0.15, -0.1) is 0 Å². The quantitative estimate of drug-likeness (QED) is 0.885. The molecular formula is C16H25NS. The highest BCUT2D eigenvalue weighted by Crippen LogP contribution is 2.34. The molecule has 1 N–H and O–H groups in total. The second kappa shape index (κ2) is 6.12. The van der Waals surface area contributed by atoms with E-state index >= 15 is 0 Å². The van der Waals surface area contributed by atoms with Crippen molar-refractivity contribution in [2.24, 2.45) is 5.41 Å². The number of benzene rings is 1. The van der Waals surface area contributed by atoms with Gasteiger partial charge in [0.25, 0.3) is 0 Å². The maximum atomic E-state index is 3.74. The standard InChI is InChI=1S/C16H25NS/c1-4-13-5-7-14(8-6-13)11-17-15-12-18-10-9-16(15,2)3/h5-8,15,17H,4,9-12H2,1-3H3. The van der Waals surface area contributed by atoms with Crippen LogP contribution in [0.3, 0.4) is 0 Å². The highest BCUT2D eigenvalue weighted by molar-refractivity contribution is 7.99. The molecule has 2 rings (SSSR count). The highest BCUT2D eigenvalue weighted by Gasteiger charge is 2.31. The summed E-state index contributed by atoms with van der Waals surface area (Å²) in [6, 6.07) is 9.65. The molecule has 2 heteroatoms. The molecule has 0 bridgehead atoms. The number of hydrogen-bond donors (Lipinski definition) is 1. The zero-order valence-corrected chi connectivity index (χ0v) is 12.6. The summed E-state index contributed by atoms with van der Waals surface area (Å²) in [6.45, 7) is 7.99. The third kappa shape index (κ3) is 3.52. The molecule has 18 heavy (non-hydrogen) atoms. The fraction of sp³-hybridized carbons (Fsp3) is 0.625. The van der Waals surface area contributed by atoms with Gasteiger partial charge in [0.15, 0.2) is 0 Å². The predicted molar refractivity (Wildman–Crippen MR) is 82.2 cm³/mol. The first kappa shape index (κ1) is 14.0. The van der Waals surface area contributed by atoms with Gasteiger partial charge in [-0.1, -0.05) is 45.0 Å². The molecule has 0 aliphatic carbocycles. The van der Waals surface area contributed by atoms with Gasteiger partial charge in [-0.25, -0.2) is 0 Å². The van der Waals surface area contributed by atoms with Crippen LogP contribution in [0.2, 0.25) is 0 Å². The van der Waals surface area contributed by atoms with Crippen molar-refractivity contribution in [2.45, 2.75) is 46.2 Å². The lowest BCUT2D eigenvalue weighted by Gasteiger charge is -2.39. The molecule has 1 unspecified atom stereocenters. The van der Waals surface area contributed by atoms with Gasteiger partial charge in [-0.3, -0.25) is 0 Å². The monoisotopic (exact) mass is 263 g/mol. The van der Waals surface area contributed by atoms with Crippen molar-refractivity contribution in [1.29, 1.82) is 0 Å². The average Bonchev–Trinajstić information content (AvgIpc) is 2.38. The first-order chi connectivity index (χ1) is 8.62. The van der Waals surface area contributed by atoms with Crippen LogP contribution >= 0.6 is 11.8 Å². The first-order valence-corrected chi connectivity index (χ1v) is 8.16. The van der Waals surface area contributed by atoms with E-state index in [1.54, 1.807) is 0 Å². The second-order valence-corrected chi connectivity index (χ2v) is 7.07. The zero-order chi connectivity index (χ0) is 13.0. The molecule has 1 aliphatic heterocycles. The Morgan fingerprint density at radius 3 is 2.50 bits per heavy atom. The van der Waals surface area contributed by atoms with Crippen LogP contribution in [0.1, 0.15) is 38.3 Å². The molecule has 1 aliphatic rings. The smallest absolute Gasteiger partial charge is 0.0212 e. The van der Waals surface area contributed by atoms with Gasteiger partial charge in [0, 0.05) is 18.3 Å². The molecule has 1 heterocycles. The minimum atomic E-state index is 0.439. The van der Waals surface area contributed by atoms with Crippen LogP contribution in [0.15, 0.2) is 24.3 Å². The normalized spacial score (nSPS) is 22.9. The van der Waals surface area contributed by atoms with Crippen molar-refractivity contribution in [1.82, 2.24) is 5.32 Å². The minimum absolute atomic E-state index is 0.439. The van der Waals surface area contributed by atoms with Gasteiger partial charge >= 0.3 is 0 Å². The molecule has 1 atom stereocenters. The van der Waals surface area contributed by atoms with E-state index in [2.05, 4.69) is 62.1 Å². The van der Waals surface area contributed by atoms with Crippen LogP contribution in [0.5, 0.6) is 0 Å². The van der Waals surface area contributed by atoms with E-state index in [-0.39, 0.29) is 0 Å². The second-order valence-electron chi connectivity index (χ2n) is 5.92. The highest BCUT2D eigenvalue weighted by atomic mass is 32.2. The zero-order valence-electron chi connectivity index (χ0n) is 11.8. The van der Waals surface area contributed by atoms with E-state index in [0.717, 1.165) is 13.0 Å². The van der Waals surface area contributed by atoms with Gasteiger partial charge < -0.3 is 5.32 Å². The topological polar surface area (TPSA) is 12.0 Å². The van der Waals surface area contributed by atoms with Crippen molar-refractivity contribution < 1.29 is 0 Å². The van der Waals surface area contributed by atoms with E-state index in [1.807, 2.05) is 0 Å². The summed E-state index contributed by atoms with van der Waals surface area (Å²) >= 11 is 2.08. The Bertz CT molecular complexity index is 369. The van der Waals surface area contributed by atoms with Crippen LogP contribution < -0.4 is 5.32 Å². The summed E-state index contributed by atoms with van der Waals surface area (Å²) in [5, 5.41) is 3.74. The molecule has 0 aromatic heterocycles. The molecular weight excluding hydrogens is 238 g/mol. The molecule has 1 aromatic carbocycles. The molecule has 0 saturated carbocycles. The number of rotatable bonds is 4. The van der Waals surface area contributed by atoms with Crippen LogP contribution in [-0.4, -0.2) is 17.5 Å². The van der Waals surface area contributed by atoms with Gasteiger partial charge in [0.05, 0.1) is 0 Å². The summed E-state index contributed by atoms with van der Waals surface area (Å²) in [5.41, 5.74) is 3.26. The third-order valence-corrected chi connectivity index (χ3v) is 5.16. The molecule has 100 valence electrons. The van der Waals surface area contributed by atoms with Crippen molar-refractivity contribution in [3.63, 3.8) is 0 Å². The summed E-state index contributed by atoms with van der Waals surface area (Å²) in [5.74, 6) is 2.57. The Hall–Kier alpha value is -0.470. The van der Waals surface area contributed by atoms with E-state index in [1.165, 1.54) is 29.1 Å². The minimum Gasteiger partial charge on any atom is -0.309 e. The molecule has 1 fully saturated rings. The van der Waals surface area contributed by atoms with Crippen molar-refractivity contribution in [2.75, 3.05) is 11.5 Å². The molecule has 0 spiro atoms. The Labute approximate surface area is 116 Å². The van der Waals surface area contributed by atoms with Crippen molar-refractivity contribution in [3.8, 4) is 0 Å². The van der Waals surface area contributed by atoms with Crippen LogP contribution in [-0.2, 0) is 13.0 Å². The molecule has 1 aromatic rings. The molecule has 1 saturated heterocycles. The number of thioether (sulfide) groups is 1. The molecule has 0 amide bonds. The predicted octanol–water partition coefficient (Wildman–Crippen LogP) is 3.87. The maximum absolute atomic E-state index is 3.74. The SMILES string of the molecule is CCc1ccc(CNC2CSCCC2(C)C)cc1. The average molecular weight is 263 g/mol. The van der Waals surface area contributed by atoms with Crippen LogP contribution in [0.25, 0.3) is 0 Å². The largest absolute Gasteiger partial charge is 0.309 e. The van der Waals surface area contributed by atoms with Crippen molar-refractivity contribution >= 4 is 11.8 Å². The summed E-state index contributed by atoms with van der Waals surface area (Å²) in [6.07, 6.45) is 2.45. The summed E-state index contributed by atoms with van der Waals surface area (Å²) < 4.78 is 0. The first-order valence-electron chi connectivity index (χ1n) is 7.01. The summed E-state index contributed by atoms with van der Waals surface area (Å²) in [7, 11) is 0. The van der Waals surface area contributed by atoms with Gasteiger partial charge in [0.1, 0.15) is 0 Å². The van der Waals surface area contributed by atoms with E-state index in [0.29, 0.717) is 11.5 Å². The lowest BCUT2D eigenvalue weighted by molar-refractivity contribution is 0.245. The Kier molecular flexibility index (Phi) is 4.74. The van der Waals surface area contributed by atoms with E-state index < -0.39 is 0 Å². The fourth-order valence-corrected chi connectivity index (χ4v) is 4.05. The fourth-order valence-electron chi connectivity index (χ4n) is 2.41. The number of aryl methyl sites for hydroxylation is 1. The number of hydrogen-bond acceptors (Lipinski definition) is 2. The molecule has 1 nitrogen and oxygen atoms in total. The third-order valence-electron chi connectivity index (χ3n) is 4.10. The lowest BCUT2D eigenvalue weighted by Crippen LogP contribution is -2.46. The van der Waals surface area contributed by atoms with E-state index in [9.17, 15) is 0 Å². The Morgan fingerprint density at radius 2 is 1.89 bits per heavy atom. The van der Waals surface area contributed by atoms with Gasteiger partial charge in [-0.05, 0) is 35.1 Å². The number of nitrogens with one attached hydrogen (secondary N) is 1. The van der Waals surface area contributed by atoms with Crippen molar-refractivity contribution in [3.05, 3.63) is 35.4 Å². The Balaban J connectivity index is 1.90. The Morgan fingerprint density at radius 1 is 1.22 bits per heavy atom. The van der Waals surface area contributed by atoms with Crippen LogP contribution in [0, 0.1) is 5.41 Å². The summed E-state index contributed by atoms with van der Waals surface area (Å²) in [4.78, 5) is 0. The maximum Gasteiger partial charge on any atom is 0.0212 e. The van der Waals surface area contributed by atoms with E-state index in [4.69, 9.17) is 0 Å².